The van der Waals surface area contributed by atoms with Crippen molar-refractivity contribution in [2.24, 2.45) is 0 Å². The number of piperazine rings is 1. The van der Waals surface area contributed by atoms with Gasteiger partial charge in [0.15, 0.2) is 0 Å². The van der Waals surface area contributed by atoms with E-state index in [1.165, 1.54) is 5.69 Å². The van der Waals surface area contributed by atoms with Gasteiger partial charge < -0.3 is 10.2 Å². The summed E-state index contributed by atoms with van der Waals surface area (Å²) in [7, 11) is 1.99. The number of rotatable bonds is 4. The van der Waals surface area contributed by atoms with Gasteiger partial charge in [-0.3, -0.25) is 4.90 Å². The van der Waals surface area contributed by atoms with Crippen LogP contribution >= 0.6 is 0 Å². The maximum Gasteiger partial charge on any atom is 0.0992 e. The second-order valence-corrected chi connectivity index (χ2v) is 4.59. The highest BCUT2D eigenvalue weighted by Crippen LogP contribution is 2.17. The number of benzene rings is 1. The van der Waals surface area contributed by atoms with Gasteiger partial charge >= 0.3 is 0 Å². The fourth-order valence-electron chi connectivity index (χ4n) is 2.27. The third-order valence-corrected chi connectivity index (χ3v) is 3.39. The molecule has 1 N–H and O–H groups in total. The van der Waals surface area contributed by atoms with Crippen molar-refractivity contribution < 1.29 is 0 Å². The standard InChI is InChI=1S/C14H20N4/c1-16-5-6-17-7-9-18(10-8-17)14-4-2-3-13(11-14)12-15/h2-4,11,16H,5-10H2,1H3. The Labute approximate surface area is 109 Å². The van der Waals surface area contributed by atoms with Crippen molar-refractivity contribution in [1.29, 1.82) is 5.26 Å². The van der Waals surface area contributed by atoms with Gasteiger partial charge in [0, 0.05) is 45.0 Å². The first-order chi connectivity index (χ1) is 8.83. The molecule has 0 spiro atoms. The SMILES string of the molecule is CNCCN1CCN(c2cccc(C#N)c2)CC1. The summed E-state index contributed by atoms with van der Waals surface area (Å²) in [4.78, 5) is 4.83. The van der Waals surface area contributed by atoms with Gasteiger partial charge in [0.05, 0.1) is 11.6 Å². The zero-order chi connectivity index (χ0) is 12.8. The average molecular weight is 244 g/mol. The summed E-state index contributed by atoms with van der Waals surface area (Å²) in [6.45, 7) is 6.43. The molecule has 0 saturated carbocycles. The number of hydrogen-bond donors (Lipinski definition) is 1. The number of nitriles is 1. The topological polar surface area (TPSA) is 42.3 Å². The van der Waals surface area contributed by atoms with Crippen LogP contribution in [0.2, 0.25) is 0 Å². The minimum absolute atomic E-state index is 0.741. The minimum Gasteiger partial charge on any atom is -0.369 e. The second kappa shape index (κ2) is 6.39. The quantitative estimate of drug-likeness (QED) is 0.854. The predicted octanol–water partition coefficient (Wildman–Crippen LogP) is 0.900. The highest BCUT2D eigenvalue weighted by Gasteiger charge is 2.16. The Morgan fingerprint density at radius 2 is 2.06 bits per heavy atom. The fraction of sp³-hybridized carbons (Fsp3) is 0.500. The molecule has 1 saturated heterocycles. The molecule has 1 fully saturated rings. The fourth-order valence-corrected chi connectivity index (χ4v) is 2.27. The van der Waals surface area contributed by atoms with Crippen molar-refractivity contribution in [3.8, 4) is 6.07 Å². The molecule has 0 aromatic heterocycles. The molecule has 0 radical (unpaired) electrons. The van der Waals surface area contributed by atoms with Gasteiger partial charge in [-0.2, -0.15) is 5.26 Å². The van der Waals surface area contributed by atoms with E-state index in [9.17, 15) is 0 Å². The van der Waals surface area contributed by atoms with Crippen LogP contribution in [0.3, 0.4) is 0 Å². The molecule has 18 heavy (non-hydrogen) atoms. The molecule has 96 valence electrons. The summed E-state index contributed by atoms with van der Waals surface area (Å²) in [5.41, 5.74) is 1.91. The van der Waals surface area contributed by atoms with E-state index < -0.39 is 0 Å². The number of nitrogens with zero attached hydrogens (tertiary/aromatic N) is 3. The normalized spacial score (nSPS) is 16.6. The lowest BCUT2D eigenvalue weighted by atomic mass is 10.2. The largest absolute Gasteiger partial charge is 0.369 e. The average Bonchev–Trinajstić information content (AvgIpc) is 2.46. The Morgan fingerprint density at radius 3 is 2.72 bits per heavy atom. The van der Waals surface area contributed by atoms with E-state index in [4.69, 9.17) is 5.26 Å². The first kappa shape index (κ1) is 12.9. The molecule has 1 aromatic rings. The maximum absolute atomic E-state index is 8.92. The summed E-state index contributed by atoms with van der Waals surface area (Å²) < 4.78 is 0. The Hall–Kier alpha value is -1.57. The van der Waals surface area contributed by atoms with E-state index in [2.05, 4.69) is 27.3 Å². The van der Waals surface area contributed by atoms with Gasteiger partial charge in [-0.15, -0.1) is 0 Å². The predicted molar refractivity (Wildman–Crippen MR) is 73.7 cm³/mol. The van der Waals surface area contributed by atoms with Crippen LogP contribution in [0, 0.1) is 11.3 Å². The Morgan fingerprint density at radius 1 is 1.28 bits per heavy atom. The maximum atomic E-state index is 8.92. The number of anilines is 1. The van der Waals surface area contributed by atoms with Crippen molar-refractivity contribution >= 4 is 5.69 Å². The molecule has 4 nitrogen and oxygen atoms in total. The molecule has 0 bridgehead atoms. The molecule has 2 rings (SSSR count). The van der Waals surface area contributed by atoms with E-state index >= 15 is 0 Å². The Kier molecular flexibility index (Phi) is 4.57. The van der Waals surface area contributed by atoms with Crippen LogP contribution in [0.4, 0.5) is 5.69 Å². The second-order valence-electron chi connectivity index (χ2n) is 4.59. The van der Waals surface area contributed by atoms with Crippen LogP contribution < -0.4 is 10.2 Å². The van der Waals surface area contributed by atoms with Crippen molar-refractivity contribution in [2.75, 3.05) is 51.2 Å². The zero-order valence-electron chi connectivity index (χ0n) is 10.9. The molecule has 1 aliphatic heterocycles. The van der Waals surface area contributed by atoms with Crippen molar-refractivity contribution in [1.82, 2.24) is 10.2 Å². The highest BCUT2D eigenvalue weighted by atomic mass is 15.3. The zero-order valence-corrected chi connectivity index (χ0v) is 10.9. The summed E-state index contributed by atoms with van der Waals surface area (Å²) in [5, 5.41) is 12.1. The lowest BCUT2D eigenvalue weighted by Gasteiger charge is -2.36. The van der Waals surface area contributed by atoms with E-state index in [0.717, 1.165) is 44.8 Å². The van der Waals surface area contributed by atoms with E-state index in [0.29, 0.717) is 0 Å². The lowest BCUT2D eigenvalue weighted by molar-refractivity contribution is 0.260. The van der Waals surface area contributed by atoms with Gasteiger partial charge in [0.25, 0.3) is 0 Å². The molecule has 0 amide bonds. The molecule has 1 heterocycles. The van der Waals surface area contributed by atoms with Crippen molar-refractivity contribution in [3.05, 3.63) is 29.8 Å². The van der Waals surface area contributed by atoms with Crippen LogP contribution in [-0.4, -0.2) is 51.2 Å². The van der Waals surface area contributed by atoms with E-state index in [1.807, 2.05) is 25.2 Å². The van der Waals surface area contributed by atoms with Gasteiger partial charge in [-0.25, -0.2) is 0 Å². The number of hydrogen-bond acceptors (Lipinski definition) is 4. The minimum atomic E-state index is 0.741. The van der Waals surface area contributed by atoms with Crippen LogP contribution in [0.5, 0.6) is 0 Å². The molecule has 0 unspecified atom stereocenters. The number of likely N-dealkylation sites (N-methyl/N-ethyl adjacent to an activating group) is 1. The van der Waals surface area contributed by atoms with Crippen LogP contribution in [0.15, 0.2) is 24.3 Å². The molecule has 0 aliphatic carbocycles. The number of nitrogens with one attached hydrogen (secondary N) is 1. The molecule has 0 atom stereocenters. The lowest BCUT2D eigenvalue weighted by Crippen LogP contribution is -2.48. The van der Waals surface area contributed by atoms with Gasteiger partial charge in [-0.1, -0.05) is 6.07 Å². The van der Waals surface area contributed by atoms with Gasteiger partial charge in [0.1, 0.15) is 0 Å². The van der Waals surface area contributed by atoms with E-state index in [1.54, 1.807) is 0 Å². The molecule has 1 aromatic carbocycles. The third-order valence-electron chi connectivity index (χ3n) is 3.39. The molecular formula is C14H20N4. The van der Waals surface area contributed by atoms with Gasteiger partial charge in [-0.05, 0) is 25.2 Å². The van der Waals surface area contributed by atoms with Crippen LogP contribution in [0.1, 0.15) is 5.56 Å². The summed E-state index contributed by atoms with van der Waals surface area (Å²) in [6, 6.07) is 10.1. The van der Waals surface area contributed by atoms with Crippen molar-refractivity contribution in [3.63, 3.8) is 0 Å². The molecule has 1 aliphatic rings. The third kappa shape index (κ3) is 3.22. The van der Waals surface area contributed by atoms with Gasteiger partial charge in [0.2, 0.25) is 0 Å². The summed E-state index contributed by atoms with van der Waals surface area (Å²) in [5.74, 6) is 0. The Bertz CT molecular complexity index is 416. The summed E-state index contributed by atoms with van der Waals surface area (Å²) >= 11 is 0. The van der Waals surface area contributed by atoms with E-state index in [-0.39, 0.29) is 0 Å². The Balaban J connectivity index is 1.91. The first-order valence-electron chi connectivity index (χ1n) is 6.45. The molecular weight excluding hydrogens is 224 g/mol. The molecule has 4 heteroatoms. The van der Waals surface area contributed by atoms with Crippen LogP contribution in [0.25, 0.3) is 0 Å². The summed E-state index contributed by atoms with van der Waals surface area (Å²) in [6.07, 6.45) is 0. The highest BCUT2D eigenvalue weighted by molar-refractivity contribution is 5.51. The first-order valence-corrected chi connectivity index (χ1v) is 6.45. The van der Waals surface area contributed by atoms with Crippen LogP contribution in [-0.2, 0) is 0 Å². The van der Waals surface area contributed by atoms with Crippen molar-refractivity contribution in [2.45, 2.75) is 0 Å². The smallest absolute Gasteiger partial charge is 0.0992 e. The monoisotopic (exact) mass is 244 g/mol.